The molecule has 14 heteroatoms. The lowest BCUT2D eigenvalue weighted by atomic mass is 10.1. The van der Waals surface area contributed by atoms with Gasteiger partial charge in [0.1, 0.15) is 41.7 Å². The predicted molar refractivity (Wildman–Crippen MR) is 137 cm³/mol. The van der Waals surface area contributed by atoms with Gasteiger partial charge in [0.25, 0.3) is 0 Å². The minimum Gasteiger partial charge on any atom is -0.396 e. The summed E-state index contributed by atoms with van der Waals surface area (Å²) in [5.41, 5.74) is 0.855. The van der Waals surface area contributed by atoms with E-state index in [4.69, 9.17) is 12.8 Å². The van der Waals surface area contributed by atoms with Gasteiger partial charge in [0.05, 0.1) is 11.6 Å². The van der Waals surface area contributed by atoms with E-state index in [1.165, 1.54) is 18.5 Å². The number of rotatable bonds is 5. The SMILES string of the molecule is C[N+]1(C)O[C@@H]2[C@@H](CO)C[C@@H](N3I=Nc4c(N[C@H]5CCN(c6ccc(C(F)(F)F)cc6)C5)ncnc43)[C@@H]2O1. The molecule has 0 unspecified atom stereocenters. The number of hydroxylamine groups is 4. The molecule has 3 aliphatic heterocycles. The molecule has 6 rings (SSSR count). The van der Waals surface area contributed by atoms with Crippen LogP contribution in [0, 0.1) is 5.92 Å². The van der Waals surface area contributed by atoms with E-state index >= 15 is 0 Å². The van der Waals surface area contributed by atoms with E-state index in [0.717, 1.165) is 48.7 Å². The number of aromatic nitrogens is 2. The number of hydrogen-bond acceptors (Lipinski definition) is 9. The number of halogens is 4. The minimum atomic E-state index is -4.34. The molecule has 2 aromatic rings. The summed E-state index contributed by atoms with van der Waals surface area (Å²) in [6.07, 6.45) is -1.63. The molecule has 37 heavy (non-hydrogen) atoms. The summed E-state index contributed by atoms with van der Waals surface area (Å²) in [4.78, 5) is 23.3. The molecule has 1 aromatic heterocycles. The van der Waals surface area contributed by atoms with Crippen LogP contribution >= 0.6 is 21.3 Å². The van der Waals surface area contributed by atoms with E-state index in [2.05, 4.69) is 23.3 Å². The van der Waals surface area contributed by atoms with Crippen molar-refractivity contribution in [3.05, 3.63) is 36.2 Å². The summed E-state index contributed by atoms with van der Waals surface area (Å²) in [6.45, 7) is 1.40. The molecule has 200 valence electrons. The number of alkyl halides is 3. The molecular formula is C23H28F3IN7O3+. The van der Waals surface area contributed by atoms with Crippen molar-refractivity contribution in [2.75, 3.05) is 47.1 Å². The molecule has 0 bridgehead atoms. The van der Waals surface area contributed by atoms with Gasteiger partial charge in [0.2, 0.25) is 0 Å². The lowest BCUT2D eigenvalue weighted by Gasteiger charge is -2.26. The molecule has 5 atom stereocenters. The van der Waals surface area contributed by atoms with E-state index in [1.807, 2.05) is 14.1 Å². The zero-order valence-corrected chi connectivity index (χ0v) is 22.4. The topological polar surface area (TPSA) is 95.3 Å². The highest BCUT2D eigenvalue weighted by atomic mass is 127. The Labute approximate surface area is 222 Å². The van der Waals surface area contributed by atoms with Gasteiger partial charge in [0, 0.05) is 37.3 Å². The summed E-state index contributed by atoms with van der Waals surface area (Å²) < 4.78 is 45.8. The average Bonchev–Trinajstić information content (AvgIpc) is 3.61. The number of hydrogen-bond donors (Lipinski definition) is 2. The lowest BCUT2D eigenvalue weighted by Crippen LogP contribution is -2.40. The second-order valence-electron chi connectivity index (χ2n) is 10.1. The summed E-state index contributed by atoms with van der Waals surface area (Å²) >= 11 is -0.753. The first-order valence-electron chi connectivity index (χ1n) is 12.1. The molecule has 4 heterocycles. The van der Waals surface area contributed by atoms with Crippen molar-refractivity contribution in [3.8, 4) is 0 Å². The Bertz CT molecular complexity index is 1200. The fourth-order valence-electron chi connectivity index (χ4n) is 5.56. The number of aliphatic hydroxyl groups excluding tert-OH is 1. The van der Waals surface area contributed by atoms with Crippen molar-refractivity contribution in [1.82, 2.24) is 9.97 Å². The Morgan fingerprint density at radius 3 is 2.65 bits per heavy atom. The summed E-state index contributed by atoms with van der Waals surface area (Å²) in [6, 6.07) is 5.37. The number of benzene rings is 1. The maximum absolute atomic E-state index is 12.9. The number of fused-ring (bicyclic) bond motifs is 2. The molecule has 2 N–H and O–H groups in total. The van der Waals surface area contributed by atoms with Crippen LogP contribution in [0.4, 0.5) is 36.2 Å². The van der Waals surface area contributed by atoms with Crippen molar-refractivity contribution in [1.29, 1.82) is 0 Å². The Kier molecular flexibility index (Phi) is 6.29. The highest BCUT2D eigenvalue weighted by molar-refractivity contribution is 14.2. The maximum Gasteiger partial charge on any atom is 0.416 e. The van der Waals surface area contributed by atoms with Gasteiger partial charge < -0.3 is 15.3 Å². The van der Waals surface area contributed by atoms with Gasteiger partial charge in [-0.25, -0.2) is 9.97 Å². The van der Waals surface area contributed by atoms with Crippen LogP contribution < -0.4 is 13.3 Å². The van der Waals surface area contributed by atoms with Crippen LogP contribution in [0.5, 0.6) is 0 Å². The van der Waals surface area contributed by atoms with Crippen molar-refractivity contribution in [2.45, 2.75) is 43.3 Å². The molecule has 10 nitrogen and oxygen atoms in total. The molecule has 2 saturated heterocycles. The molecule has 1 saturated carbocycles. The third-order valence-electron chi connectivity index (χ3n) is 7.29. The number of quaternary nitrogens is 1. The molecule has 0 spiro atoms. The zero-order valence-electron chi connectivity index (χ0n) is 20.3. The second kappa shape index (κ2) is 9.25. The van der Waals surface area contributed by atoms with E-state index in [1.54, 1.807) is 0 Å². The Morgan fingerprint density at radius 1 is 1.16 bits per heavy atom. The first-order valence-corrected chi connectivity index (χ1v) is 14.1. The van der Waals surface area contributed by atoms with Crippen molar-refractivity contribution in [2.24, 2.45) is 9.06 Å². The van der Waals surface area contributed by atoms with Gasteiger partial charge in [-0.1, -0.05) is 0 Å². The van der Waals surface area contributed by atoms with Crippen molar-refractivity contribution < 1.29 is 32.8 Å². The minimum absolute atomic E-state index is 0.00393. The second-order valence-corrected chi connectivity index (χ2v) is 12.1. The van der Waals surface area contributed by atoms with Crippen LogP contribution in [0.1, 0.15) is 18.4 Å². The number of nitrogens with zero attached hydrogens (tertiary/aromatic N) is 6. The van der Waals surface area contributed by atoms with Gasteiger partial charge in [0.15, 0.2) is 29.5 Å². The van der Waals surface area contributed by atoms with Gasteiger partial charge >= 0.3 is 6.18 Å². The van der Waals surface area contributed by atoms with E-state index in [-0.39, 0.29) is 41.6 Å². The van der Waals surface area contributed by atoms with Crippen LogP contribution in [0.15, 0.2) is 33.7 Å². The van der Waals surface area contributed by atoms with Crippen molar-refractivity contribution in [3.63, 3.8) is 0 Å². The lowest BCUT2D eigenvalue weighted by molar-refractivity contribution is -1.21. The summed E-state index contributed by atoms with van der Waals surface area (Å²) in [5, 5.41) is 13.4. The van der Waals surface area contributed by atoms with Gasteiger partial charge in [-0.2, -0.15) is 26.0 Å². The van der Waals surface area contributed by atoms with Crippen LogP contribution in [0.2, 0.25) is 0 Å². The largest absolute Gasteiger partial charge is 0.416 e. The number of nitrogens with one attached hydrogen (secondary N) is 1. The fraction of sp³-hybridized carbons (Fsp3) is 0.565. The normalized spacial score (nSPS) is 30.4. The highest BCUT2D eigenvalue weighted by Gasteiger charge is 2.59. The third kappa shape index (κ3) is 4.66. The zero-order chi connectivity index (χ0) is 25.9. The highest BCUT2D eigenvalue weighted by Crippen LogP contribution is 2.51. The Balaban J connectivity index is 1.16. The first-order chi connectivity index (χ1) is 17.6. The summed E-state index contributed by atoms with van der Waals surface area (Å²) in [5.74, 6) is 1.42. The molecule has 0 radical (unpaired) electrons. The van der Waals surface area contributed by atoms with Crippen LogP contribution in [-0.2, 0) is 15.9 Å². The smallest absolute Gasteiger partial charge is 0.396 e. The molecule has 3 fully saturated rings. The third-order valence-corrected chi connectivity index (χ3v) is 9.62. The summed E-state index contributed by atoms with van der Waals surface area (Å²) in [7, 11) is 3.67. The fourth-order valence-corrected chi connectivity index (χ4v) is 7.87. The van der Waals surface area contributed by atoms with Gasteiger partial charge in [-0.05, 0) is 41.9 Å². The van der Waals surface area contributed by atoms with Crippen LogP contribution in [-0.4, -0.2) is 78.0 Å². The van der Waals surface area contributed by atoms with E-state index < -0.39 is 33.0 Å². The number of aliphatic hydroxyl groups is 1. The molecule has 4 aliphatic rings. The molecule has 0 amide bonds. The average molecular weight is 634 g/mol. The van der Waals surface area contributed by atoms with Crippen LogP contribution in [0.3, 0.4) is 0 Å². The number of anilines is 3. The first kappa shape index (κ1) is 25.2. The van der Waals surface area contributed by atoms with Crippen molar-refractivity contribution >= 4 is 44.3 Å². The van der Waals surface area contributed by atoms with Gasteiger partial charge in [-0.15, -0.1) is 0 Å². The van der Waals surface area contributed by atoms with E-state index in [0.29, 0.717) is 12.4 Å². The monoisotopic (exact) mass is 634 g/mol. The van der Waals surface area contributed by atoms with Gasteiger partial charge in [-0.3, -0.25) is 3.11 Å². The molecule has 1 aromatic carbocycles. The quantitative estimate of drug-likeness (QED) is 0.292. The Hall–Kier alpha value is -2.14. The van der Waals surface area contributed by atoms with E-state index in [9.17, 15) is 18.3 Å². The molecule has 1 aliphatic carbocycles. The maximum atomic E-state index is 12.9. The molecular weight excluding hydrogens is 606 g/mol. The van der Waals surface area contributed by atoms with Crippen LogP contribution in [0.25, 0.3) is 0 Å². The standard InChI is InChI=1S/C23H28F3IN7O3/c1-34(2)36-19-13(11-35)9-17(20(19)37-34)33-22-18(31-27-33)21(28-12-29-22)30-15-7-8-32(10-15)16-5-3-14(4-6-16)23(24,25)26/h3-6,12-13,15,17,19-20,35H,7-11H2,1-2H3,(H,28,29,30)/q+1/t13-,15+,17-,19-,20+/m1/s1. The predicted octanol–water partition coefficient (Wildman–Crippen LogP) is 3.78. The Morgan fingerprint density at radius 2 is 1.92 bits per heavy atom.